The zero-order chi connectivity index (χ0) is 15.8. The fourth-order valence-corrected chi connectivity index (χ4v) is 2.68. The molecular weight excluding hydrogens is 292 g/mol. The topological polar surface area (TPSA) is 72.0 Å². The molecule has 2 rings (SSSR count). The molecular formula is C17H14N4S. The minimum atomic E-state index is -0.196. The van der Waals surface area contributed by atoms with Gasteiger partial charge in [-0.1, -0.05) is 42.0 Å². The molecule has 0 amide bonds. The molecule has 1 N–H and O–H groups in total. The maximum atomic E-state index is 8.70. The van der Waals surface area contributed by atoms with Gasteiger partial charge in [0, 0.05) is 10.6 Å². The van der Waals surface area contributed by atoms with Crippen molar-refractivity contribution < 1.29 is 0 Å². The quantitative estimate of drug-likeness (QED) is 0.513. The highest BCUT2D eigenvalue weighted by molar-refractivity contribution is 7.98. The van der Waals surface area contributed by atoms with Crippen molar-refractivity contribution in [2.75, 3.05) is 5.43 Å². The van der Waals surface area contributed by atoms with E-state index in [-0.39, 0.29) is 5.71 Å². The van der Waals surface area contributed by atoms with E-state index in [1.165, 1.54) is 11.1 Å². The fraction of sp³-hybridized carbons (Fsp3) is 0.118. The molecule has 0 aliphatic rings. The normalized spacial score (nSPS) is 9.41. The van der Waals surface area contributed by atoms with Gasteiger partial charge in [0.25, 0.3) is 0 Å². The summed E-state index contributed by atoms with van der Waals surface area (Å²) in [5.74, 6) is 0.839. The van der Waals surface area contributed by atoms with E-state index in [0.29, 0.717) is 0 Å². The predicted octanol–water partition coefficient (Wildman–Crippen LogP) is 4.10. The van der Waals surface area contributed by atoms with Crippen LogP contribution in [0.15, 0.2) is 58.5 Å². The standard InChI is InChI=1S/C17H14N4S/c1-13-6-8-14(9-7-13)12-22-17-5-3-2-4-16(17)21-20-15(10-18)11-19/h2-9,21H,12H2,1H3. The first-order valence-corrected chi connectivity index (χ1v) is 7.63. The molecule has 0 atom stereocenters. The molecule has 108 valence electrons. The fourth-order valence-electron chi connectivity index (χ4n) is 1.72. The van der Waals surface area contributed by atoms with Crippen LogP contribution in [-0.4, -0.2) is 5.71 Å². The Morgan fingerprint density at radius 1 is 1.09 bits per heavy atom. The van der Waals surface area contributed by atoms with E-state index in [2.05, 4.69) is 41.7 Å². The van der Waals surface area contributed by atoms with E-state index in [1.807, 2.05) is 24.3 Å². The third-order valence-electron chi connectivity index (χ3n) is 2.90. The van der Waals surface area contributed by atoms with Gasteiger partial charge in [-0.05, 0) is 24.6 Å². The van der Waals surface area contributed by atoms with Gasteiger partial charge in [-0.2, -0.15) is 15.6 Å². The lowest BCUT2D eigenvalue weighted by Gasteiger charge is -2.08. The monoisotopic (exact) mass is 306 g/mol. The lowest BCUT2D eigenvalue weighted by Crippen LogP contribution is -1.97. The summed E-state index contributed by atoms with van der Waals surface area (Å²) in [5, 5.41) is 21.2. The number of hydrogen-bond donors (Lipinski definition) is 1. The Kier molecular flexibility index (Phi) is 5.59. The molecule has 0 saturated heterocycles. The van der Waals surface area contributed by atoms with Crippen LogP contribution in [0.5, 0.6) is 0 Å². The van der Waals surface area contributed by atoms with Gasteiger partial charge in [0.05, 0.1) is 5.69 Å². The van der Waals surface area contributed by atoms with Crippen molar-refractivity contribution in [3.05, 3.63) is 59.7 Å². The molecule has 0 aliphatic carbocycles. The second-order valence-electron chi connectivity index (χ2n) is 4.57. The highest BCUT2D eigenvalue weighted by atomic mass is 32.2. The molecule has 0 fully saturated rings. The largest absolute Gasteiger partial charge is 0.275 e. The minimum absolute atomic E-state index is 0.196. The van der Waals surface area contributed by atoms with Gasteiger partial charge < -0.3 is 0 Å². The molecule has 4 nitrogen and oxygen atoms in total. The number of hydrazone groups is 1. The smallest absolute Gasteiger partial charge is 0.237 e. The minimum Gasteiger partial charge on any atom is -0.275 e. The van der Waals surface area contributed by atoms with Crippen LogP contribution in [0.25, 0.3) is 0 Å². The number of nitrogens with zero attached hydrogens (tertiary/aromatic N) is 3. The Balaban J connectivity index is 2.08. The van der Waals surface area contributed by atoms with E-state index >= 15 is 0 Å². The number of anilines is 1. The molecule has 22 heavy (non-hydrogen) atoms. The summed E-state index contributed by atoms with van der Waals surface area (Å²) in [6.07, 6.45) is 0. The lowest BCUT2D eigenvalue weighted by molar-refractivity contribution is 1.27. The number of hydrogen-bond acceptors (Lipinski definition) is 5. The Morgan fingerprint density at radius 2 is 1.77 bits per heavy atom. The molecule has 0 radical (unpaired) electrons. The Morgan fingerprint density at radius 3 is 2.45 bits per heavy atom. The third kappa shape index (κ3) is 4.37. The van der Waals surface area contributed by atoms with Gasteiger partial charge in [0.15, 0.2) is 0 Å². The van der Waals surface area contributed by atoms with Gasteiger partial charge in [-0.3, -0.25) is 5.43 Å². The average molecular weight is 306 g/mol. The summed E-state index contributed by atoms with van der Waals surface area (Å²) < 4.78 is 0. The molecule has 0 spiro atoms. The summed E-state index contributed by atoms with van der Waals surface area (Å²) in [6.45, 7) is 2.07. The van der Waals surface area contributed by atoms with Crippen LogP contribution >= 0.6 is 11.8 Å². The predicted molar refractivity (Wildman–Crippen MR) is 89.5 cm³/mol. The van der Waals surface area contributed by atoms with Crippen molar-refractivity contribution in [2.24, 2.45) is 5.10 Å². The van der Waals surface area contributed by atoms with E-state index in [1.54, 1.807) is 23.9 Å². The van der Waals surface area contributed by atoms with E-state index in [0.717, 1.165) is 16.3 Å². The van der Waals surface area contributed by atoms with Gasteiger partial charge in [-0.25, -0.2) is 0 Å². The number of para-hydroxylation sites is 1. The molecule has 0 aromatic heterocycles. The van der Waals surface area contributed by atoms with Gasteiger partial charge >= 0.3 is 0 Å². The van der Waals surface area contributed by atoms with Crippen LogP contribution in [0.3, 0.4) is 0 Å². The number of nitriles is 2. The number of rotatable bonds is 5. The molecule has 0 heterocycles. The molecule has 0 aliphatic heterocycles. The van der Waals surface area contributed by atoms with Crippen molar-refractivity contribution in [1.29, 1.82) is 10.5 Å². The van der Waals surface area contributed by atoms with E-state index in [9.17, 15) is 0 Å². The van der Waals surface area contributed by atoms with Crippen LogP contribution in [0.4, 0.5) is 5.69 Å². The summed E-state index contributed by atoms with van der Waals surface area (Å²) in [6, 6.07) is 19.5. The number of thioether (sulfide) groups is 1. The van der Waals surface area contributed by atoms with Crippen LogP contribution in [0, 0.1) is 29.6 Å². The maximum absolute atomic E-state index is 8.70. The van der Waals surface area contributed by atoms with Crippen LogP contribution in [0.1, 0.15) is 11.1 Å². The number of aryl methyl sites for hydroxylation is 1. The molecule has 2 aromatic carbocycles. The first-order chi connectivity index (χ1) is 10.7. The van der Waals surface area contributed by atoms with Crippen LogP contribution in [0.2, 0.25) is 0 Å². The highest BCUT2D eigenvalue weighted by Crippen LogP contribution is 2.29. The van der Waals surface area contributed by atoms with Crippen molar-refractivity contribution in [3.8, 4) is 12.1 Å². The Labute approximate surface area is 134 Å². The summed E-state index contributed by atoms with van der Waals surface area (Å²) in [5.41, 5.74) is 5.85. The van der Waals surface area contributed by atoms with Crippen molar-refractivity contribution in [2.45, 2.75) is 17.6 Å². The number of nitrogens with one attached hydrogen (secondary N) is 1. The summed E-state index contributed by atoms with van der Waals surface area (Å²) in [7, 11) is 0. The third-order valence-corrected chi connectivity index (χ3v) is 4.05. The molecule has 5 heteroatoms. The van der Waals surface area contributed by atoms with Crippen molar-refractivity contribution in [1.82, 2.24) is 0 Å². The van der Waals surface area contributed by atoms with E-state index in [4.69, 9.17) is 10.5 Å². The first kappa shape index (κ1) is 15.6. The van der Waals surface area contributed by atoms with Crippen LogP contribution < -0.4 is 5.43 Å². The molecule has 0 bridgehead atoms. The zero-order valence-electron chi connectivity index (χ0n) is 12.1. The summed E-state index contributed by atoms with van der Waals surface area (Å²) >= 11 is 1.68. The zero-order valence-corrected chi connectivity index (χ0v) is 12.9. The van der Waals surface area contributed by atoms with Crippen molar-refractivity contribution in [3.63, 3.8) is 0 Å². The molecule has 0 unspecified atom stereocenters. The van der Waals surface area contributed by atoms with Gasteiger partial charge in [0.1, 0.15) is 12.1 Å². The summed E-state index contributed by atoms with van der Waals surface area (Å²) in [4.78, 5) is 1.02. The SMILES string of the molecule is Cc1ccc(CSc2ccccc2NN=C(C#N)C#N)cc1. The Hall–Kier alpha value is -2.76. The number of benzene rings is 2. The highest BCUT2D eigenvalue weighted by Gasteiger charge is 2.03. The van der Waals surface area contributed by atoms with Gasteiger partial charge in [0.2, 0.25) is 5.71 Å². The van der Waals surface area contributed by atoms with E-state index < -0.39 is 0 Å². The van der Waals surface area contributed by atoms with Crippen molar-refractivity contribution >= 4 is 23.2 Å². The van der Waals surface area contributed by atoms with Gasteiger partial charge in [-0.15, -0.1) is 11.8 Å². The first-order valence-electron chi connectivity index (χ1n) is 6.64. The second-order valence-corrected chi connectivity index (χ2v) is 5.58. The second kappa shape index (κ2) is 7.87. The lowest BCUT2D eigenvalue weighted by atomic mass is 10.2. The molecule has 0 saturated carbocycles. The molecule has 2 aromatic rings. The van der Waals surface area contributed by atoms with Crippen LogP contribution in [-0.2, 0) is 5.75 Å². The average Bonchev–Trinajstić information content (AvgIpc) is 2.56. The Bertz CT molecular complexity index is 735. The maximum Gasteiger partial charge on any atom is 0.237 e.